The average molecular weight is 181 g/mol. The van der Waals surface area contributed by atoms with Gasteiger partial charge in [-0.1, -0.05) is 5.57 Å². The Morgan fingerprint density at radius 1 is 1.50 bits per heavy atom. The number of nitrogens with one attached hydrogen (secondary N) is 1. The molecule has 1 atom stereocenters. The van der Waals surface area contributed by atoms with Crippen molar-refractivity contribution in [3.8, 4) is 0 Å². The van der Waals surface area contributed by atoms with Crippen LogP contribution in [0.1, 0.15) is 19.8 Å². The van der Waals surface area contributed by atoms with Crippen LogP contribution in [0.4, 0.5) is 0 Å². The van der Waals surface area contributed by atoms with E-state index in [4.69, 9.17) is 0 Å². The predicted octanol–water partition coefficient (Wildman–Crippen LogP) is 2.06. The van der Waals surface area contributed by atoms with Crippen LogP contribution < -0.4 is 5.32 Å². The van der Waals surface area contributed by atoms with E-state index in [1.165, 1.54) is 19.0 Å². The summed E-state index contributed by atoms with van der Waals surface area (Å²) in [7, 11) is 3.66. The fraction of sp³-hybridized carbons (Fsp3) is 0.700. The van der Waals surface area contributed by atoms with Gasteiger partial charge in [0.1, 0.15) is 0 Å². The van der Waals surface area contributed by atoms with Crippen LogP contribution >= 0.6 is 8.20 Å². The zero-order valence-electron chi connectivity index (χ0n) is 7.85. The molecule has 0 aromatic heterocycles. The zero-order valence-corrected chi connectivity index (χ0v) is 8.75. The van der Waals surface area contributed by atoms with E-state index in [0.29, 0.717) is 0 Å². The average Bonchev–Trinajstić information content (AvgIpc) is 1.98. The standard InChI is InChI=1S/C10H16NP/c1-7-8(5-11-2)6-12-10-4-3-9(7)10/h8,11H,3-6H2,1-2H3. The van der Waals surface area contributed by atoms with Gasteiger partial charge in [0.15, 0.2) is 0 Å². The number of rotatable bonds is 2. The minimum absolute atomic E-state index is 0.815. The summed E-state index contributed by atoms with van der Waals surface area (Å²) in [5, 5.41) is 5.02. The van der Waals surface area contributed by atoms with Gasteiger partial charge in [-0.3, -0.25) is 0 Å². The molecule has 0 radical (unpaired) electrons. The molecule has 1 aliphatic heterocycles. The van der Waals surface area contributed by atoms with Gasteiger partial charge in [-0.2, -0.15) is 0 Å². The summed E-state index contributed by atoms with van der Waals surface area (Å²) < 4.78 is 0. The second-order valence-electron chi connectivity index (χ2n) is 3.70. The second-order valence-corrected chi connectivity index (χ2v) is 4.92. The Hall–Kier alpha value is -0.130. The molecule has 12 heavy (non-hydrogen) atoms. The Kier molecular flexibility index (Phi) is 2.34. The van der Waals surface area contributed by atoms with Crippen LogP contribution in [0.2, 0.25) is 0 Å². The van der Waals surface area contributed by atoms with Crippen LogP contribution in [-0.4, -0.2) is 25.0 Å². The SMILES string of the molecule is CNCC1CP=C2CCC2=C1C. The molecule has 66 valence electrons. The highest BCUT2D eigenvalue weighted by molar-refractivity contribution is 7.41. The third kappa shape index (κ3) is 1.26. The molecule has 2 heteroatoms. The highest BCUT2D eigenvalue weighted by Gasteiger charge is 2.26. The summed E-state index contributed by atoms with van der Waals surface area (Å²) >= 11 is 0. The highest BCUT2D eigenvalue weighted by Crippen LogP contribution is 2.38. The van der Waals surface area contributed by atoms with Gasteiger partial charge in [0.2, 0.25) is 0 Å². The molecule has 0 amide bonds. The van der Waals surface area contributed by atoms with E-state index in [0.717, 1.165) is 12.5 Å². The molecule has 1 saturated carbocycles. The number of hydrogen-bond acceptors (Lipinski definition) is 1. The topological polar surface area (TPSA) is 12.0 Å². The molecule has 1 heterocycles. The van der Waals surface area contributed by atoms with E-state index in [9.17, 15) is 0 Å². The first-order valence-electron chi connectivity index (χ1n) is 4.71. The normalized spacial score (nSPS) is 29.2. The molecule has 1 N–H and O–H groups in total. The lowest BCUT2D eigenvalue weighted by atomic mass is 9.83. The Balaban J connectivity index is 2.14. The second kappa shape index (κ2) is 3.32. The molecule has 0 spiro atoms. The minimum atomic E-state index is 0.815. The van der Waals surface area contributed by atoms with Crippen LogP contribution in [-0.2, 0) is 0 Å². The molecule has 0 aromatic rings. The largest absolute Gasteiger partial charge is 0.319 e. The molecule has 0 bridgehead atoms. The van der Waals surface area contributed by atoms with Gasteiger partial charge >= 0.3 is 0 Å². The van der Waals surface area contributed by atoms with Crippen LogP contribution in [0.25, 0.3) is 0 Å². The van der Waals surface area contributed by atoms with E-state index in [1.54, 1.807) is 24.6 Å². The smallest absolute Gasteiger partial charge is 0.00203 e. The van der Waals surface area contributed by atoms with Gasteiger partial charge in [-0.25, -0.2) is 0 Å². The van der Waals surface area contributed by atoms with Crippen molar-refractivity contribution >= 4 is 13.5 Å². The van der Waals surface area contributed by atoms with Crippen LogP contribution in [0.5, 0.6) is 0 Å². The maximum Gasteiger partial charge on any atom is 0.00203 e. The van der Waals surface area contributed by atoms with Gasteiger partial charge < -0.3 is 5.32 Å². The lowest BCUT2D eigenvalue weighted by molar-refractivity contribution is 0.615. The minimum Gasteiger partial charge on any atom is -0.319 e. The van der Waals surface area contributed by atoms with E-state index in [2.05, 4.69) is 19.3 Å². The molecular formula is C10H16NP. The molecule has 1 unspecified atom stereocenters. The zero-order chi connectivity index (χ0) is 8.55. The third-order valence-corrected chi connectivity index (χ3v) is 4.50. The summed E-state index contributed by atoms with van der Waals surface area (Å²) in [4.78, 5) is 0. The predicted molar refractivity (Wildman–Crippen MR) is 56.1 cm³/mol. The van der Waals surface area contributed by atoms with E-state index in [-0.39, 0.29) is 0 Å². The summed E-state index contributed by atoms with van der Waals surface area (Å²) in [5.41, 5.74) is 3.38. The van der Waals surface area contributed by atoms with E-state index in [1.807, 2.05) is 0 Å². The Bertz CT molecular complexity index is 253. The van der Waals surface area contributed by atoms with Gasteiger partial charge in [-0.15, -0.1) is 8.20 Å². The van der Waals surface area contributed by atoms with Crippen molar-refractivity contribution in [2.75, 3.05) is 19.8 Å². The maximum absolute atomic E-state index is 3.28. The van der Waals surface area contributed by atoms with Crippen molar-refractivity contribution in [1.29, 1.82) is 0 Å². The first kappa shape index (κ1) is 8.47. The number of fused-ring (bicyclic) bond motifs is 1. The number of hydrogen-bond donors (Lipinski definition) is 1. The van der Waals surface area contributed by atoms with Gasteiger partial charge in [0.25, 0.3) is 0 Å². The monoisotopic (exact) mass is 181 g/mol. The Labute approximate surface area is 76.0 Å². The number of allylic oxidation sites excluding steroid dienone is 1. The van der Waals surface area contributed by atoms with Gasteiger partial charge in [-0.05, 0) is 43.8 Å². The summed E-state index contributed by atoms with van der Waals surface area (Å²) in [6.45, 7) is 3.49. The fourth-order valence-electron chi connectivity index (χ4n) is 2.03. The lowest BCUT2D eigenvalue weighted by Crippen LogP contribution is -2.28. The molecule has 0 aromatic carbocycles. The molecule has 2 aliphatic rings. The van der Waals surface area contributed by atoms with Crippen molar-refractivity contribution in [3.05, 3.63) is 11.1 Å². The van der Waals surface area contributed by atoms with E-state index >= 15 is 0 Å². The molecular weight excluding hydrogens is 165 g/mol. The highest BCUT2D eigenvalue weighted by atomic mass is 31.1. The molecule has 0 saturated heterocycles. The van der Waals surface area contributed by atoms with E-state index < -0.39 is 0 Å². The van der Waals surface area contributed by atoms with Gasteiger partial charge in [0, 0.05) is 12.5 Å². The van der Waals surface area contributed by atoms with Crippen molar-refractivity contribution in [1.82, 2.24) is 5.32 Å². The van der Waals surface area contributed by atoms with Gasteiger partial charge in [0.05, 0.1) is 0 Å². The molecule has 1 fully saturated rings. The first-order valence-corrected chi connectivity index (χ1v) is 5.79. The first-order chi connectivity index (χ1) is 5.83. The quantitative estimate of drug-likeness (QED) is 0.643. The van der Waals surface area contributed by atoms with Crippen LogP contribution in [0.15, 0.2) is 11.1 Å². The fourth-order valence-corrected chi connectivity index (χ4v) is 3.62. The van der Waals surface area contributed by atoms with Crippen LogP contribution in [0.3, 0.4) is 0 Å². The van der Waals surface area contributed by atoms with Crippen molar-refractivity contribution < 1.29 is 0 Å². The molecule has 2 rings (SSSR count). The summed E-state index contributed by atoms with van der Waals surface area (Å²) in [6, 6.07) is 0. The van der Waals surface area contributed by atoms with Crippen molar-refractivity contribution in [3.63, 3.8) is 0 Å². The van der Waals surface area contributed by atoms with Crippen LogP contribution in [0, 0.1) is 5.92 Å². The Morgan fingerprint density at radius 2 is 2.33 bits per heavy atom. The van der Waals surface area contributed by atoms with Crippen molar-refractivity contribution in [2.45, 2.75) is 19.8 Å². The molecule has 1 aliphatic carbocycles. The third-order valence-electron chi connectivity index (χ3n) is 3.00. The summed E-state index contributed by atoms with van der Waals surface area (Å²) in [6.07, 6.45) is 4.08. The Morgan fingerprint density at radius 3 is 2.92 bits per heavy atom. The summed E-state index contributed by atoms with van der Waals surface area (Å²) in [5.74, 6) is 0.815. The lowest BCUT2D eigenvalue weighted by Gasteiger charge is -2.32. The maximum atomic E-state index is 3.28. The molecule has 1 nitrogen and oxygen atoms in total. The van der Waals surface area contributed by atoms with Crippen molar-refractivity contribution in [2.24, 2.45) is 5.92 Å².